The number of fused-ring (bicyclic) bond motifs is 4. The van der Waals surface area contributed by atoms with Gasteiger partial charge in [0, 0.05) is 37.3 Å². The molecule has 1 amide bonds. The van der Waals surface area contributed by atoms with Gasteiger partial charge >= 0.3 is 0 Å². The third kappa shape index (κ3) is 3.60. The van der Waals surface area contributed by atoms with E-state index in [-0.39, 0.29) is 17.4 Å². The minimum atomic E-state index is -0.364. The maximum atomic E-state index is 12.9. The largest absolute Gasteiger partial charge is 0.496 e. The third-order valence-corrected chi connectivity index (χ3v) is 6.00. The molecule has 0 spiro atoms. The summed E-state index contributed by atoms with van der Waals surface area (Å²) in [6.07, 6.45) is 1.02. The van der Waals surface area contributed by atoms with Gasteiger partial charge in [0.25, 0.3) is 11.5 Å². The lowest BCUT2D eigenvalue weighted by molar-refractivity contribution is 0.0961. The molecule has 1 saturated heterocycles. The number of aromatic nitrogens is 1. The number of amides is 1. The summed E-state index contributed by atoms with van der Waals surface area (Å²) in [6.45, 7) is 2.06. The highest BCUT2D eigenvalue weighted by Gasteiger charge is 2.35. The molecule has 8 heteroatoms. The Hall–Kier alpha value is -2.87. The number of pyridine rings is 1. The van der Waals surface area contributed by atoms with Gasteiger partial charge < -0.3 is 18.9 Å². The molecule has 2 atom stereocenters. The van der Waals surface area contributed by atoms with Gasteiger partial charge in [0.15, 0.2) is 5.11 Å². The summed E-state index contributed by atoms with van der Waals surface area (Å²) in [4.78, 5) is 27.1. The first kappa shape index (κ1) is 19.4. The van der Waals surface area contributed by atoms with Crippen molar-refractivity contribution in [3.8, 4) is 11.5 Å². The Balaban J connectivity index is 1.52. The number of carbonyl (C=O) groups is 1. The van der Waals surface area contributed by atoms with Crippen LogP contribution in [0.1, 0.15) is 28.4 Å². The smallest absolute Gasteiger partial charge is 0.264 e. The van der Waals surface area contributed by atoms with Gasteiger partial charge in [-0.25, -0.2) is 0 Å². The van der Waals surface area contributed by atoms with Gasteiger partial charge in [0.2, 0.25) is 0 Å². The van der Waals surface area contributed by atoms with Crippen molar-refractivity contribution >= 4 is 23.2 Å². The summed E-state index contributed by atoms with van der Waals surface area (Å²) in [6, 6.07) is 10.6. The number of thiocarbonyl (C=S) groups is 1. The predicted octanol–water partition coefficient (Wildman–Crippen LogP) is 2.00. The molecule has 152 valence electrons. The van der Waals surface area contributed by atoms with E-state index in [9.17, 15) is 9.59 Å². The maximum Gasteiger partial charge on any atom is 0.264 e. The van der Waals surface area contributed by atoms with Crippen molar-refractivity contribution in [3.05, 3.63) is 58.0 Å². The Morgan fingerprint density at radius 3 is 2.45 bits per heavy atom. The Bertz CT molecular complexity index is 997. The molecule has 2 aliphatic heterocycles. The lowest BCUT2D eigenvalue weighted by Crippen LogP contribution is -2.52. The molecule has 0 aliphatic carbocycles. The standard InChI is InChI=1S/C21H23N3O4S/c1-27-16-6-4-7-17(28-2)19(16)20(26)22-21(29)23-10-13-9-14(12-23)15-5-3-8-18(25)24(15)11-13/h3-8,13-14H,9-12H2,1-2H3,(H,22,26,29)/t13-,14+/m1/s1. The fourth-order valence-electron chi connectivity index (χ4n) is 4.38. The van der Waals surface area contributed by atoms with E-state index in [1.165, 1.54) is 14.2 Å². The summed E-state index contributed by atoms with van der Waals surface area (Å²) in [5.74, 6) is 1.02. The number of methoxy groups -OCH3 is 2. The van der Waals surface area contributed by atoms with Crippen molar-refractivity contribution in [1.29, 1.82) is 0 Å². The van der Waals surface area contributed by atoms with Gasteiger partial charge in [0.05, 0.1) is 14.2 Å². The molecule has 2 aliphatic rings. The van der Waals surface area contributed by atoms with Crippen molar-refractivity contribution in [2.45, 2.75) is 18.9 Å². The van der Waals surface area contributed by atoms with Crippen LogP contribution in [0.4, 0.5) is 0 Å². The molecular formula is C21H23N3O4S. The number of nitrogens with one attached hydrogen (secondary N) is 1. The number of nitrogens with zero attached hydrogens (tertiary/aromatic N) is 2. The van der Waals surface area contributed by atoms with E-state index in [1.807, 2.05) is 21.6 Å². The number of carbonyl (C=O) groups excluding carboxylic acids is 1. The van der Waals surface area contributed by atoms with E-state index in [4.69, 9.17) is 21.7 Å². The van der Waals surface area contributed by atoms with Gasteiger partial charge in [0.1, 0.15) is 17.1 Å². The molecule has 3 heterocycles. The molecule has 1 N–H and O–H groups in total. The first-order valence-corrected chi connectivity index (χ1v) is 9.93. The molecule has 7 nitrogen and oxygen atoms in total. The lowest BCUT2D eigenvalue weighted by atomic mass is 9.83. The van der Waals surface area contributed by atoms with E-state index in [0.29, 0.717) is 47.7 Å². The van der Waals surface area contributed by atoms with Gasteiger partial charge in [-0.1, -0.05) is 12.1 Å². The van der Waals surface area contributed by atoms with Crippen LogP contribution in [0.5, 0.6) is 11.5 Å². The molecule has 29 heavy (non-hydrogen) atoms. The Morgan fingerprint density at radius 1 is 1.07 bits per heavy atom. The minimum Gasteiger partial charge on any atom is -0.496 e. The highest BCUT2D eigenvalue weighted by atomic mass is 32.1. The molecule has 0 unspecified atom stereocenters. The monoisotopic (exact) mass is 413 g/mol. The number of hydrogen-bond donors (Lipinski definition) is 1. The second-order valence-corrected chi connectivity index (χ2v) is 7.79. The molecule has 2 bridgehead atoms. The van der Waals surface area contributed by atoms with Gasteiger partial charge in [-0.05, 0) is 42.8 Å². The van der Waals surface area contributed by atoms with Crippen molar-refractivity contribution < 1.29 is 14.3 Å². The summed E-state index contributed by atoms with van der Waals surface area (Å²) < 4.78 is 12.5. The van der Waals surface area contributed by atoms with Crippen LogP contribution in [0.25, 0.3) is 0 Å². The van der Waals surface area contributed by atoms with Crippen molar-refractivity contribution in [2.75, 3.05) is 27.3 Å². The fourth-order valence-corrected chi connectivity index (χ4v) is 4.62. The first-order valence-electron chi connectivity index (χ1n) is 9.52. The van der Waals surface area contributed by atoms with Gasteiger partial charge in [-0.15, -0.1) is 0 Å². The number of rotatable bonds is 3. The number of benzene rings is 1. The molecule has 0 radical (unpaired) electrons. The molecule has 2 aromatic rings. The van der Waals surface area contributed by atoms with Crippen LogP contribution in [-0.2, 0) is 6.54 Å². The fraction of sp³-hybridized carbons (Fsp3) is 0.381. The Morgan fingerprint density at radius 2 is 1.76 bits per heavy atom. The van der Waals surface area contributed by atoms with Gasteiger partial charge in [-0.2, -0.15) is 0 Å². The Kier molecular flexibility index (Phi) is 5.27. The van der Waals surface area contributed by atoms with E-state index >= 15 is 0 Å². The summed E-state index contributed by atoms with van der Waals surface area (Å²) >= 11 is 5.56. The number of ether oxygens (including phenoxy) is 2. The van der Waals surface area contributed by atoms with Crippen molar-refractivity contribution in [2.24, 2.45) is 5.92 Å². The van der Waals surface area contributed by atoms with Crippen LogP contribution in [0, 0.1) is 5.92 Å². The lowest BCUT2D eigenvalue weighted by Gasteiger charge is -2.43. The van der Waals surface area contributed by atoms with Crippen LogP contribution in [0.15, 0.2) is 41.2 Å². The number of likely N-dealkylation sites (tertiary alicyclic amines) is 1. The zero-order valence-corrected chi connectivity index (χ0v) is 17.2. The quantitative estimate of drug-likeness (QED) is 0.776. The average Bonchev–Trinajstić information content (AvgIpc) is 2.73. The summed E-state index contributed by atoms with van der Waals surface area (Å²) in [5.41, 5.74) is 1.40. The highest BCUT2D eigenvalue weighted by molar-refractivity contribution is 7.80. The highest BCUT2D eigenvalue weighted by Crippen LogP contribution is 2.35. The van der Waals surface area contributed by atoms with E-state index in [0.717, 1.165) is 12.1 Å². The van der Waals surface area contributed by atoms with Crippen molar-refractivity contribution in [3.63, 3.8) is 0 Å². The van der Waals surface area contributed by atoms with E-state index in [1.54, 1.807) is 24.3 Å². The topological polar surface area (TPSA) is 72.8 Å². The van der Waals surface area contributed by atoms with Crippen LogP contribution in [0.2, 0.25) is 0 Å². The summed E-state index contributed by atoms with van der Waals surface area (Å²) in [5, 5.41) is 3.21. The third-order valence-electron chi connectivity index (χ3n) is 5.64. The maximum absolute atomic E-state index is 12.9. The zero-order chi connectivity index (χ0) is 20.5. The minimum absolute atomic E-state index is 0.0461. The molecular weight excluding hydrogens is 390 g/mol. The molecule has 1 aromatic heterocycles. The zero-order valence-electron chi connectivity index (χ0n) is 16.4. The SMILES string of the molecule is COc1cccc(OC)c1C(=O)NC(=S)N1C[C@H]2C[C@@H](C1)c1cccc(=O)n1C2. The van der Waals surface area contributed by atoms with Gasteiger partial charge in [-0.3, -0.25) is 14.9 Å². The predicted molar refractivity (Wildman–Crippen MR) is 113 cm³/mol. The number of hydrogen-bond acceptors (Lipinski definition) is 5. The number of piperidine rings is 1. The molecule has 0 saturated carbocycles. The van der Waals surface area contributed by atoms with Crippen molar-refractivity contribution in [1.82, 2.24) is 14.8 Å². The van der Waals surface area contributed by atoms with Crippen LogP contribution in [0.3, 0.4) is 0 Å². The normalized spacial score (nSPS) is 19.9. The molecule has 4 rings (SSSR count). The van der Waals surface area contributed by atoms with Crippen LogP contribution < -0.4 is 20.3 Å². The second-order valence-electron chi connectivity index (χ2n) is 7.40. The molecule has 1 aromatic carbocycles. The first-order chi connectivity index (χ1) is 14.0. The summed E-state index contributed by atoms with van der Waals surface area (Å²) in [7, 11) is 3.02. The molecule has 1 fully saturated rings. The van der Waals surface area contributed by atoms with Crippen LogP contribution >= 0.6 is 12.2 Å². The average molecular weight is 413 g/mol. The van der Waals surface area contributed by atoms with E-state index < -0.39 is 0 Å². The van der Waals surface area contributed by atoms with Crippen LogP contribution in [-0.4, -0.2) is 47.8 Å². The Labute approximate surface area is 174 Å². The van der Waals surface area contributed by atoms with E-state index in [2.05, 4.69) is 5.32 Å². The second kappa shape index (κ2) is 7.87.